The maximum atomic E-state index is 14.6. The van der Waals surface area contributed by atoms with Gasteiger partial charge in [-0.25, -0.2) is 19.0 Å². The number of anilines is 1. The van der Waals surface area contributed by atoms with Crippen LogP contribution in [-0.2, 0) is 4.74 Å². The Morgan fingerprint density at radius 1 is 1.33 bits per heavy atom. The molecule has 12 heteroatoms. The van der Waals surface area contributed by atoms with Crippen LogP contribution in [0.2, 0.25) is 0 Å². The van der Waals surface area contributed by atoms with Gasteiger partial charge in [0.25, 0.3) is 0 Å². The van der Waals surface area contributed by atoms with Crippen molar-refractivity contribution in [1.82, 2.24) is 25.0 Å². The van der Waals surface area contributed by atoms with Gasteiger partial charge in [-0.1, -0.05) is 36.0 Å². The number of nitrogens with zero attached hydrogens (tertiary/aromatic N) is 5. The van der Waals surface area contributed by atoms with Gasteiger partial charge >= 0.3 is 0 Å². The van der Waals surface area contributed by atoms with Crippen LogP contribution in [0.15, 0.2) is 23.3 Å². The van der Waals surface area contributed by atoms with Crippen molar-refractivity contribution in [3.05, 3.63) is 35.1 Å². The number of aliphatic hydroxyl groups excluding tert-OH is 2. The maximum absolute atomic E-state index is 14.6. The zero-order valence-electron chi connectivity index (χ0n) is 27.5. The van der Waals surface area contributed by atoms with E-state index in [1.165, 1.54) is 23.4 Å². The second kappa shape index (κ2) is 10.5. The van der Waals surface area contributed by atoms with E-state index < -0.39 is 61.3 Å². The molecule has 2 aliphatic carbocycles. The number of aliphatic hydroxyl groups is 3. The van der Waals surface area contributed by atoms with Gasteiger partial charge in [0.15, 0.2) is 22.1 Å². The molecule has 0 unspecified atom stereocenters. The highest BCUT2D eigenvalue weighted by Crippen LogP contribution is 2.44. The molecule has 0 radical (unpaired) electrons. The SMILES string of the molecule is [2H]c1c([2H])c([C@@H]2C[C@@]2([2H])Nc2nc(SCCC)nc3c2nnn3[C@@H]2C[C@H](OC([2H])([2H])C([2H])([2H])O)[C@@H](O)[C@H]2O)c([2H])c(F)c1C. The Morgan fingerprint density at radius 3 is 2.94 bits per heavy atom. The van der Waals surface area contributed by atoms with Crippen LogP contribution in [0.4, 0.5) is 10.2 Å². The number of halogens is 1. The first-order chi connectivity index (χ1) is 20.4. The van der Waals surface area contributed by atoms with Crippen molar-refractivity contribution in [3.8, 4) is 0 Å². The van der Waals surface area contributed by atoms with Crippen molar-refractivity contribution < 1.29 is 35.4 Å². The van der Waals surface area contributed by atoms with Gasteiger partial charge in [-0.05, 0) is 36.9 Å². The largest absolute Gasteiger partial charge is 0.394 e. The van der Waals surface area contributed by atoms with Crippen LogP contribution in [0.1, 0.15) is 60.2 Å². The number of benzene rings is 1. The van der Waals surface area contributed by atoms with Gasteiger partial charge in [-0.15, -0.1) is 5.10 Å². The number of rotatable bonds is 10. The van der Waals surface area contributed by atoms with Crippen LogP contribution in [-0.4, -0.2) is 83.5 Å². The van der Waals surface area contributed by atoms with Crippen molar-refractivity contribution in [2.75, 3.05) is 24.2 Å². The molecular weight excluding hydrogens is 487 g/mol. The fourth-order valence-corrected chi connectivity index (χ4v) is 4.86. The van der Waals surface area contributed by atoms with Crippen LogP contribution in [0.25, 0.3) is 11.2 Å². The van der Waals surface area contributed by atoms with Crippen molar-refractivity contribution in [2.24, 2.45) is 0 Å². The molecule has 194 valence electrons. The van der Waals surface area contributed by atoms with E-state index >= 15 is 0 Å². The normalized spacial score (nSPS) is 33.7. The first kappa shape index (κ1) is 17.2. The van der Waals surface area contributed by atoms with E-state index in [0.717, 1.165) is 6.42 Å². The van der Waals surface area contributed by atoms with Crippen molar-refractivity contribution in [1.29, 1.82) is 0 Å². The van der Waals surface area contributed by atoms with E-state index in [0.29, 0.717) is 5.75 Å². The van der Waals surface area contributed by atoms with Crippen LogP contribution >= 0.6 is 11.8 Å². The molecule has 0 spiro atoms. The molecule has 2 heterocycles. The summed E-state index contributed by atoms with van der Waals surface area (Å²) in [7, 11) is 0. The Morgan fingerprint density at radius 2 is 2.17 bits per heavy atom. The number of fused-ring (bicyclic) bond motifs is 1. The van der Waals surface area contributed by atoms with E-state index in [4.69, 9.17) is 15.7 Å². The second-order valence-electron chi connectivity index (χ2n) is 8.70. The quantitative estimate of drug-likeness (QED) is 0.230. The summed E-state index contributed by atoms with van der Waals surface area (Å²) in [6, 6.07) is -3.80. The zero-order chi connectivity index (χ0) is 32.5. The Balaban J connectivity index is 1.49. The fourth-order valence-electron chi connectivity index (χ4n) is 4.17. The van der Waals surface area contributed by atoms with Crippen LogP contribution < -0.4 is 5.32 Å². The Labute approximate surface area is 223 Å². The third-order valence-corrected chi connectivity index (χ3v) is 7.23. The lowest BCUT2D eigenvalue weighted by Gasteiger charge is -2.17. The molecule has 0 aliphatic heterocycles. The highest BCUT2D eigenvalue weighted by atomic mass is 32.2. The van der Waals surface area contributed by atoms with Gasteiger partial charge in [0.05, 0.1) is 36.2 Å². The topological polar surface area (TPSA) is 138 Å². The molecule has 5 rings (SSSR count). The van der Waals surface area contributed by atoms with Gasteiger partial charge < -0.3 is 25.4 Å². The number of thioether (sulfide) groups is 1. The number of hydrogen-bond donors (Lipinski definition) is 4. The van der Waals surface area contributed by atoms with Crippen molar-refractivity contribution in [2.45, 2.75) is 74.6 Å². The molecule has 10 nitrogen and oxygen atoms in total. The van der Waals surface area contributed by atoms with E-state index in [1.807, 2.05) is 6.92 Å². The van der Waals surface area contributed by atoms with E-state index in [9.17, 15) is 19.7 Å². The average Bonchev–Trinajstić information content (AvgIpc) is 3.27. The minimum Gasteiger partial charge on any atom is -0.394 e. The lowest BCUT2D eigenvalue weighted by molar-refractivity contribution is -0.0629. The monoisotopic (exact) mass is 526 g/mol. The number of nitrogens with one attached hydrogen (secondary N) is 1. The molecule has 0 amide bonds. The van der Waals surface area contributed by atoms with Gasteiger partial charge in [-0.2, -0.15) is 0 Å². The smallest absolute Gasteiger partial charge is 0.191 e. The summed E-state index contributed by atoms with van der Waals surface area (Å²) in [6.45, 7) is -3.33. The highest BCUT2D eigenvalue weighted by Gasteiger charge is 2.45. The van der Waals surface area contributed by atoms with E-state index in [1.54, 1.807) is 0 Å². The lowest BCUT2D eigenvalue weighted by Crippen LogP contribution is -2.33. The highest BCUT2D eigenvalue weighted by molar-refractivity contribution is 7.99. The minimum absolute atomic E-state index is 0.0589. The van der Waals surface area contributed by atoms with Gasteiger partial charge in [-0.3, -0.25) is 0 Å². The summed E-state index contributed by atoms with van der Waals surface area (Å²) in [6.07, 6.45) is -4.08. The molecule has 2 aliphatic rings. The zero-order valence-corrected chi connectivity index (χ0v) is 20.3. The Bertz CT molecular complexity index is 1570. The molecule has 2 aromatic heterocycles. The third kappa shape index (κ3) is 4.92. The molecule has 2 fully saturated rings. The third-order valence-electron chi connectivity index (χ3n) is 6.18. The summed E-state index contributed by atoms with van der Waals surface area (Å²) in [5, 5.41) is 42.4. The van der Waals surface area contributed by atoms with Gasteiger partial charge in [0, 0.05) is 24.1 Å². The predicted octanol–water partition coefficient (Wildman–Crippen LogP) is 2.18. The number of ether oxygens (including phenoxy) is 1. The molecule has 1 aromatic carbocycles. The van der Waals surface area contributed by atoms with Crippen LogP contribution in [0.5, 0.6) is 0 Å². The minimum atomic E-state index is -3.39. The van der Waals surface area contributed by atoms with E-state index in [2.05, 4.69) is 25.6 Å². The first-order valence-corrected chi connectivity index (χ1v) is 12.5. The molecule has 36 heavy (non-hydrogen) atoms. The predicted molar refractivity (Wildman–Crippen MR) is 133 cm³/mol. The summed E-state index contributed by atoms with van der Waals surface area (Å²) < 4.78 is 84.5. The molecule has 0 saturated heterocycles. The first-order valence-electron chi connectivity index (χ1n) is 15.5. The lowest BCUT2D eigenvalue weighted by atomic mass is 10.1. The standard InChI is InChI=1S/C24H31FN6O4S/c1-3-8-36-24-27-22(26-16-10-14(16)13-5-4-12(2)15(25)9-13)19-23(28-24)31(30-29-19)17-11-18(35-7-6-32)21(34)20(17)33/h4-5,9,14,16-18,20-21,32-34H,3,6-8,10-11H2,1-2H3,(H,26,27,28)/t14-,16+,17+,18-,20-,21+/m0/s1/i4D,5D,6D2,7D2,9D,16D. The van der Waals surface area contributed by atoms with E-state index in [-0.39, 0.29) is 58.2 Å². The van der Waals surface area contributed by atoms with Gasteiger partial charge in [0.1, 0.15) is 18.0 Å². The molecular formula is C24H31FN6O4S. The molecule has 0 bridgehead atoms. The van der Waals surface area contributed by atoms with Gasteiger partial charge in [0.2, 0.25) is 0 Å². The number of hydrogen-bond acceptors (Lipinski definition) is 10. The summed E-state index contributed by atoms with van der Waals surface area (Å²) in [5.74, 6) is -1.02. The van der Waals surface area contributed by atoms with Crippen LogP contribution in [0.3, 0.4) is 0 Å². The van der Waals surface area contributed by atoms with Crippen molar-refractivity contribution in [3.63, 3.8) is 0 Å². The number of aromatic nitrogens is 5. The summed E-state index contributed by atoms with van der Waals surface area (Å²) in [5.41, 5.74) is -0.00441. The molecule has 4 N–H and O–H groups in total. The molecule has 2 saturated carbocycles. The Kier molecular flexibility index (Phi) is 5.03. The summed E-state index contributed by atoms with van der Waals surface area (Å²) in [4.78, 5) is 9.01. The second-order valence-corrected chi connectivity index (χ2v) is 9.76. The van der Waals surface area contributed by atoms with Crippen LogP contribution in [0, 0.1) is 12.7 Å². The fraction of sp³-hybridized carbons (Fsp3) is 0.583. The maximum Gasteiger partial charge on any atom is 0.191 e. The van der Waals surface area contributed by atoms with Crippen molar-refractivity contribution >= 4 is 28.7 Å². The Hall–Kier alpha value is -2.38. The molecule has 6 atom stereocenters. The molecule has 3 aromatic rings. The summed E-state index contributed by atoms with van der Waals surface area (Å²) >= 11 is 1.29. The average molecular weight is 527 g/mol.